The van der Waals surface area contributed by atoms with Crippen molar-refractivity contribution in [2.24, 2.45) is 0 Å². The molecular weight excluding hydrogens is 278 g/mol. The van der Waals surface area contributed by atoms with Gasteiger partial charge in [-0.25, -0.2) is 9.78 Å². The van der Waals surface area contributed by atoms with E-state index in [9.17, 15) is 4.79 Å². The number of rotatable bonds is 1. The van der Waals surface area contributed by atoms with Crippen molar-refractivity contribution in [1.29, 1.82) is 0 Å². The minimum atomic E-state index is -0.457. The number of benzene rings is 1. The molecule has 1 aliphatic heterocycles. The number of aromatic nitrogens is 2. The van der Waals surface area contributed by atoms with Crippen LogP contribution in [0.2, 0.25) is 0 Å². The van der Waals surface area contributed by atoms with E-state index in [1.165, 1.54) is 5.57 Å². The number of para-hydroxylation sites is 1. The van der Waals surface area contributed by atoms with Crippen molar-refractivity contribution >= 4 is 22.7 Å². The van der Waals surface area contributed by atoms with E-state index >= 15 is 0 Å². The molecule has 22 heavy (non-hydrogen) atoms. The van der Waals surface area contributed by atoms with E-state index < -0.39 is 5.60 Å². The van der Waals surface area contributed by atoms with Crippen LogP contribution in [0.25, 0.3) is 16.6 Å². The monoisotopic (exact) mass is 299 g/mol. The van der Waals surface area contributed by atoms with Crippen molar-refractivity contribution in [2.75, 3.05) is 13.1 Å². The molecule has 1 N–H and O–H groups in total. The second-order valence-corrected chi connectivity index (χ2v) is 6.51. The first kappa shape index (κ1) is 14.6. The molecule has 0 aliphatic carbocycles. The number of nitrogens with zero attached hydrogens (tertiary/aromatic N) is 2. The molecule has 2 heterocycles. The van der Waals surface area contributed by atoms with Crippen LogP contribution in [0.4, 0.5) is 4.79 Å². The Morgan fingerprint density at radius 1 is 1.36 bits per heavy atom. The van der Waals surface area contributed by atoms with Crippen LogP contribution in [0.15, 0.2) is 30.6 Å². The van der Waals surface area contributed by atoms with Crippen molar-refractivity contribution in [3.63, 3.8) is 0 Å². The van der Waals surface area contributed by atoms with Crippen LogP contribution in [-0.2, 0) is 4.74 Å². The minimum absolute atomic E-state index is 0.249. The second kappa shape index (κ2) is 5.48. The van der Waals surface area contributed by atoms with E-state index in [-0.39, 0.29) is 6.09 Å². The predicted molar refractivity (Wildman–Crippen MR) is 86.5 cm³/mol. The summed E-state index contributed by atoms with van der Waals surface area (Å²) in [6.07, 6.45) is 4.37. The first-order valence-corrected chi connectivity index (χ1v) is 7.53. The van der Waals surface area contributed by atoms with E-state index in [1.807, 2.05) is 32.9 Å². The largest absolute Gasteiger partial charge is 0.444 e. The number of amides is 1. The number of hydrogen-bond acceptors (Lipinski definition) is 3. The molecule has 0 saturated heterocycles. The molecule has 5 heteroatoms. The van der Waals surface area contributed by atoms with E-state index in [0.717, 1.165) is 23.0 Å². The van der Waals surface area contributed by atoms with Crippen molar-refractivity contribution < 1.29 is 9.53 Å². The van der Waals surface area contributed by atoms with Gasteiger partial charge in [0.25, 0.3) is 0 Å². The first-order chi connectivity index (χ1) is 10.4. The average molecular weight is 299 g/mol. The summed E-state index contributed by atoms with van der Waals surface area (Å²) >= 11 is 0. The van der Waals surface area contributed by atoms with Gasteiger partial charge < -0.3 is 14.6 Å². The summed E-state index contributed by atoms with van der Waals surface area (Å²) in [6.45, 7) is 6.89. The third-order valence-corrected chi connectivity index (χ3v) is 3.66. The van der Waals surface area contributed by atoms with Gasteiger partial charge in [0.05, 0.1) is 17.4 Å². The molecule has 116 valence electrons. The molecule has 0 saturated carbocycles. The molecule has 0 fully saturated rings. The van der Waals surface area contributed by atoms with Crippen molar-refractivity contribution in [3.05, 3.63) is 36.2 Å². The topological polar surface area (TPSA) is 58.2 Å². The normalized spacial score (nSPS) is 15.8. The number of H-pyrrole nitrogens is 1. The Morgan fingerprint density at radius 2 is 2.18 bits per heavy atom. The van der Waals surface area contributed by atoms with Gasteiger partial charge in [-0.3, -0.25) is 0 Å². The average Bonchev–Trinajstić information content (AvgIpc) is 2.94. The summed E-state index contributed by atoms with van der Waals surface area (Å²) in [4.78, 5) is 21.3. The van der Waals surface area contributed by atoms with Gasteiger partial charge >= 0.3 is 6.09 Å². The Hall–Kier alpha value is -2.30. The van der Waals surface area contributed by atoms with Crippen LogP contribution in [0.5, 0.6) is 0 Å². The number of aromatic amines is 1. The molecular formula is C17H21N3O2. The van der Waals surface area contributed by atoms with Gasteiger partial charge in [-0.05, 0) is 38.8 Å². The van der Waals surface area contributed by atoms with Gasteiger partial charge in [0.2, 0.25) is 0 Å². The van der Waals surface area contributed by atoms with E-state index in [0.29, 0.717) is 13.1 Å². The van der Waals surface area contributed by atoms with Gasteiger partial charge in [0.15, 0.2) is 0 Å². The van der Waals surface area contributed by atoms with Crippen LogP contribution >= 0.6 is 0 Å². The number of carbonyl (C=O) groups is 1. The molecule has 1 aromatic heterocycles. The zero-order valence-corrected chi connectivity index (χ0v) is 13.2. The van der Waals surface area contributed by atoms with Gasteiger partial charge in [-0.15, -0.1) is 0 Å². The molecule has 1 aromatic carbocycles. The lowest BCUT2D eigenvalue weighted by atomic mass is 9.98. The molecule has 0 atom stereocenters. The van der Waals surface area contributed by atoms with Crippen LogP contribution in [-0.4, -0.2) is 39.7 Å². The van der Waals surface area contributed by atoms with Crippen LogP contribution in [0, 0.1) is 0 Å². The van der Waals surface area contributed by atoms with Crippen molar-refractivity contribution in [2.45, 2.75) is 32.8 Å². The highest BCUT2D eigenvalue weighted by molar-refractivity contribution is 5.89. The SMILES string of the molecule is CC(C)(C)OC(=O)N1CC=C(c2cccc3[nH]cnc23)CC1. The third kappa shape index (κ3) is 2.98. The summed E-state index contributed by atoms with van der Waals surface area (Å²) < 4.78 is 5.42. The maximum Gasteiger partial charge on any atom is 0.410 e. The summed E-state index contributed by atoms with van der Waals surface area (Å²) in [6, 6.07) is 6.12. The lowest BCUT2D eigenvalue weighted by Crippen LogP contribution is -2.39. The summed E-state index contributed by atoms with van der Waals surface area (Å²) in [7, 11) is 0. The zero-order valence-electron chi connectivity index (χ0n) is 13.2. The summed E-state index contributed by atoms with van der Waals surface area (Å²) in [5.74, 6) is 0. The second-order valence-electron chi connectivity index (χ2n) is 6.51. The molecule has 1 aliphatic rings. The van der Waals surface area contributed by atoms with Crippen molar-refractivity contribution in [3.8, 4) is 0 Å². The molecule has 2 aromatic rings. The highest BCUT2D eigenvalue weighted by Gasteiger charge is 2.24. The Bertz CT molecular complexity index is 725. The maximum atomic E-state index is 12.1. The molecule has 0 spiro atoms. The highest BCUT2D eigenvalue weighted by Crippen LogP contribution is 2.28. The molecule has 3 rings (SSSR count). The Balaban J connectivity index is 1.77. The number of ether oxygens (including phenoxy) is 1. The fourth-order valence-corrected chi connectivity index (χ4v) is 2.63. The van der Waals surface area contributed by atoms with E-state index in [2.05, 4.69) is 22.1 Å². The Kier molecular flexibility index (Phi) is 3.64. The smallest absolute Gasteiger partial charge is 0.410 e. The minimum Gasteiger partial charge on any atom is -0.444 e. The fraction of sp³-hybridized carbons (Fsp3) is 0.412. The van der Waals surface area contributed by atoms with Gasteiger partial charge in [-0.2, -0.15) is 0 Å². The molecule has 0 radical (unpaired) electrons. The number of nitrogens with one attached hydrogen (secondary N) is 1. The molecule has 5 nitrogen and oxygen atoms in total. The number of hydrogen-bond donors (Lipinski definition) is 1. The van der Waals surface area contributed by atoms with Gasteiger partial charge in [-0.1, -0.05) is 18.2 Å². The number of fused-ring (bicyclic) bond motifs is 1. The number of imidazole rings is 1. The van der Waals surface area contributed by atoms with Gasteiger partial charge in [0, 0.05) is 18.7 Å². The van der Waals surface area contributed by atoms with E-state index in [4.69, 9.17) is 4.74 Å². The van der Waals surface area contributed by atoms with E-state index in [1.54, 1.807) is 11.2 Å². The quantitative estimate of drug-likeness (QED) is 0.875. The Labute approximate surface area is 130 Å². The predicted octanol–water partition coefficient (Wildman–Crippen LogP) is 3.59. The molecule has 0 bridgehead atoms. The first-order valence-electron chi connectivity index (χ1n) is 7.53. The van der Waals surface area contributed by atoms with Gasteiger partial charge in [0.1, 0.15) is 5.60 Å². The highest BCUT2D eigenvalue weighted by atomic mass is 16.6. The summed E-state index contributed by atoms with van der Waals surface area (Å²) in [5.41, 5.74) is 3.94. The van der Waals surface area contributed by atoms with Crippen LogP contribution in [0.1, 0.15) is 32.8 Å². The molecule has 1 amide bonds. The third-order valence-electron chi connectivity index (χ3n) is 3.66. The Morgan fingerprint density at radius 3 is 2.86 bits per heavy atom. The van der Waals surface area contributed by atoms with Crippen LogP contribution in [0.3, 0.4) is 0 Å². The lowest BCUT2D eigenvalue weighted by Gasteiger charge is -2.29. The number of carbonyl (C=O) groups excluding carboxylic acids is 1. The lowest BCUT2D eigenvalue weighted by molar-refractivity contribution is 0.0270. The van der Waals surface area contributed by atoms with Crippen LogP contribution < -0.4 is 0 Å². The fourth-order valence-electron chi connectivity index (χ4n) is 2.63. The maximum absolute atomic E-state index is 12.1. The zero-order chi connectivity index (χ0) is 15.7. The standard InChI is InChI=1S/C17H21N3O2/c1-17(2,3)22-16(21)20-9-7-12(8-10-20)13-5-4-6-14-15(13)19-11-18-14/h4-7,11H,8-10H2,1-3H3,(H,18,19). The molecule has 0 unspecified atom stereocenters. The summed E-state index contributed by atoms with van der Waals surface area (Å²) in [5, 5.41) is 0. The van der Waals surface area contributed by atoms with Crippen molar-refractivity contribution in [1.82, 2.24) is 14.9 Å².